The number of pyridine rings is 3. The number of fused-ring (bicyclic) bond motifs is 1. The maximum Gasteiger partial charge on any atom is 0.111 e. The van der Waals surface area contributed by atoms with Gasteiger partial charge in [-0.05, 0) is 61.1 Å². The molecule has 0 aliphatic heterocycles. The molecule has 0 bridgehead atoms. The number of rotatable bonds is 9. The maximum atomic E-state index is 6.34. The van der Waals surface area contributed by atoms with Gasteiger partial charge in [-0.1, -0.05) is 31.7 Å². The number of allylic oxidation sites excluding steroid dienone is 5. The number of aromatic amines is 1. The minimum absolute atomic E-state index is 0.536. The number of imidazole rings is 1. The van der Waals surface area contributed by atoms with Crippen molar-refractivity contribution in [2.75, 3.05) is 5.73 Å². The van der Waals surface area contributed by atoms with E-state index in [0.717, 1.165) is 56.2 Å². The lowest BCUT2D eigenvalue weighted by molar-refractivity contribution is 0.356. The predicted molar refractivity (Wildman–Crippen MR) is 160 cm³/mol. The highest BCUT2D eigenvalue weighted by Crippen LogP contribution is 2.32. The molecule has 4 N–H and O–H groups in total. The van der Waals surface area contributed by atoms with Crippen LogP contribution < -0.4 is 11.1 Å². The van der Waals surface area contributed by atoms with Crippen LogP contribution in [0.25, 0.3) is 27.7 Å². The zero-order chi connectivity index (χ0) is 27.8. The van der Waals surface area contributed by atoms with Crippen LogP contribution in [0.3, 0.4) is 0 Å². The molecular formula is C32H33N7. The molecule has 1 aliphatic carbocycles. The summed E-state index contributed by atoms with van der Waals surface area (Å²) in [5, 5.41) is 3.43. The first-order valence-corrected chi connectivity index (χ1v) is 12.8. The Morgan fingerprint density at radius 1 is 1.21 bits per heavy atom. The van der Waals surface area contributed by atoms with Crippen LogP contribution in [0.2, 0.25) is 0 Å². The Hall–Kier alpha value is -4.96. The third-order valence-electron chi connectivity index (χ3n) is 6.84. The van der Waals surface area contributed by atoms with E-state index in [1.807, 2.05) is 55.7 Å². The summed E-state index contributed by atoms with van der Waals surface area (Å²) in [4.78, 5) is 21.5. The molecule has 1 saturated carbocycles. The third-order valence-corrected chi connectivity index (χ3v) is 6.84. The van der Waals surface area contributed by atoms with Crippen LogP contribution in [0.4, 0.5) is 5.69 Å². The van der Waals surface area contributed by atoms with E-state index >= 15 is 0 Å². The summed E-state index contributed by atoms with van der Waals surface area (Å²) in [7, 11) is 0. The Bertz CT molecular complexity index is 1550. The van der Waals surface area contributed by atoms with Crippen LogP contribution in [0.1, 0.15) is 43.3 Å². The largest absolute Gasteiger partial charge is 0.397 e. The number of hydrogen-bond acceptors (Lipinski definition) is 6. The average Bonchev–Trinajstić information content (AvgIpc) is 3.35. The first-order chi connectivity index (χ1) is 19.1. The van der Waals surface area contributed by atoms with Crippen LogP contribution in [0, 0.1) is 18.8 Å². The summed E-state index contributed by atoms with van der Waals surface area (Å²) in [6.45, 7) is 10.2. The number of hydrogen-bond donors (Lipinski definition) is 3. The third kappa shape index (κ3) is 6.13. The average molecular weight is 516 g/mol. The Morgan fingerprint density at radius 2 is 2.03 bits per heavy atom. The van der Waals surface area contributed by atoms with E-state index in [1.165, 1.54) is 19.3 Å². The second-order valence-electron chi connectivity index (χ2n) is 9.28. The Labute approximate surface area is 229 Å². The van der Waals surface area contributed by atoms with Gasteiger partial charge in [0, 0.05) is 47.5 Å². The second-order valence-corrected chi connectivity index (χ2v) is 9.28. The number of terminal acetylenes is 1. The molecule has 39 heavy (non-hydrogen) atoms. The molecule has 0 aromatic carbocycles. The smallest absolute Gasteiger partial charge is 0.111 e. The van der Waals surface area contributed by atoms with Gasteiger partial charge in [0.25, 0.3) is 0 Å². The van der Waals surface area contributed by atoms with E-state index in [-0.39, 0.29) is 0 Å². The molecule has 7 nitrogen and oxygen atoms in total. The van der Waals surface area contributed by atoms with Crippen LogP contribution in [-0.4, -0.2) is 24.9 Å². The first-order valence-electron chi connectivity index (χ1n) is 12.8. The first kappa shape index (κ1) is 27.1. The second kappa shape index (κ2) is 12.5. The molecule has 1 fully saturated rings. The van der Waals surface area contributed by atoms with E-state index < -0.39 is 0 Å². The van der Waals surface area contributed by atoms with Crippen molar-refractivity contribution >= 4 is 22.3 Å². The molecule has 4 aromatic rings. The van der Waals surface area contributed by atoms with Gasteiger partial charge in [0.2, 0.25) is 0 Å². The van der Waals surface area contributed by atoms with Gasteiger partial charge in [-0.2, -0.15) is 0 Å². The molecule has 5 rings (SSSR count). The molecule has 0 radical (unpaired) electrons. The molecule has 196 valence electrons. The lowest BCUT2D eigenvalue weighted by Crippen LogP contribution is -2.23. The van der Waals surface area contributed by atoms with Gasteiger partial charge in [0.1, 0.15) is 5.82 Å². The van der Waals surface area contributed by atoms with Gasteiger partial charge in [-0.25, -0.2) is 4.98 Å². The van der Waals surface area contributed by atoms with E-state index in [2.05, 4.69) is 51.3 Å². The Morgan fingerprint density at radius 3 is 2.69 bits per heavy atom. The van der Waals surface area contributed by atoms with Gasteiger partial charge in [0.05, 0.1) is 34.8 Å². The number of nitrogens with zero attached hydrogens (tertiary/aromatic N) is 4. The van der Waals surface area contributed by atoms with Gasteiger partial charge in [-0.3, -0.25) is 15.0 Å². The van der Waals surface area contributed by atoms with Crippen molar-refractivity contribution in [2.24, 2.45) is 5.92 Å². The quantitative estimate of drug-likeness (QED) is 0.181. The number of nitrogen functional groups attached to an aromatic ring is 1. The monoisotopic (exact) mass is 515 g/mol. The number of H-pyrrole nitrogens is 1. The normalized spacial score (nSPS) is 13.7. The fourth-order valence-electron chi connectivity index (χ4n) is 4.46. The minimum atomic E-state index is 0.536. The maximum absolute atomic E-state index is 6.34. The van der Waals surface area contributed by atoms with E-state index in [0.29, 0.717) is 18.0 Å². The summed E-state index contributed by atoms with van der Waals surface area (Å²) in [5.41, 5.74) is 15.3. The van der Waals surface area contributed by atoms with E-state index in [4.69, 9.17) is 10.7 Å². The standard InChI is InChI=1S/C30H31N7.C2H2/c1-4-20(12-24(5-2)35-19(3)21-8-6-9-21)27-13-23(26(31)17-34-27)14-29-36-28-18-33-16-25(30(28)37-29)22-10-7-11-32-15-22;1-2/h4-5,7,10-13,15-18,21,35H,2-3,6,8-9,14,31H2,1H3,(H,36,37);1-2H/b20-4+,24-12+;. The predicted octanol–water partition coefficient (Wildman–Crippen LogP) is 6.21. The number of nitrogens with two attached hydrogens (primary N) is 1. The van der Waals surface area contributed by atoms with Crippen molar-refractivity contribution in [3.63, 3.8) is 0 Å². The molecule has 4 aromatic heterocycles. The van der Waals surface area contributed by atoms with Crippen LogP contribution in [-0.2, 0) is 6.42 Å². The number of nitrogens with one attached hydrogen (secondary N) is 2. The van der Waals surface area contributed by atoms with Crippen molar-refractivity contribution in [1.82, 2.24) is 30.2 Å². The fraction of sp³-hybridized carbons (Fsp3) is 0.188. The zero-order valence-electron chi connectivity index (χ0n) is 22.2. The Balaban J connectivity index is 0.00000172. The van der Waals surface area contributed by atoms with Crippen molar-refractivity contribution in [3.05, 3.63) is 109 Å². The highest BCUT2D eigenvalue weighted by atomic mass is 14.9. The highest BCUT2D eigenvalue weighted by Gasteiger charge is 2.20. The van der Waals surface area contributed by atoms with E-state index in [1.54, 1.807) is 18.6 Å². The van der Waals surface area contributed by atoms with Crippen molar-refractivity contribution < 1.29 is 0 Å². The highest BCUT2D eigenvalue weighted by molar-refractivity contribution is 5.90. The van der Waals surface area contributed by atoms with Crippen molar-refractivity contribution in [1.29, 1.82) is 0 Å². The fourth-order valence-corrected chi connectivity index (χ4v) is 4.46. The van der Waals surface area contributed by atoms with Gasteiger partial charge < -0.3 is 16.0 Å². The molecule has 7 heteroatoms. The molecule has 1 aliphatic rings. The van der Waals surface area contributed by atoms with Crippen LogP contribution in [0.15, 0.2) is 92.0 Å². The summed E-state index contributed by atoms with van der Waals surface area (Å²) in [6.07, 6.45) is 27.0. The van der Waals surface area contributed by atoms with Crippen molar-refractivity contribution in [2.45, 2.75) is 32.6 Å². The molecule has 0 atom stereocenters. The molecule has 0 unspecified atom stereocenters. The van der Waals surface area contributed by atoms with Crippen molar-refractivity contribution in [3.8, 4) is 24.0 Å². The molecule has 0 saturated heterocycles. The molecule has 0 amide bonds. The Kier molecular flexibility index (Phi) is 8.70. The summed E-state index contributed by atoms with van der Waals surface area (Å²) < 4.78 is 0. The molecule has 4 heterocycles. The van der Waals surface area contributed by atoms with Gasteiger partial charge in [-0.15, -0.1) is 12.8 Å². The summed E-state index contributed by atoms with van der Waals surface area (Å²) in [5.74, 6) is 1.34. The van der Waals surface area contributed by atoms with Gasteiger partial charge >= 0.3 is 0 Å². The molecular weight excluding hydrogens is 482 g/mol. The zero-order valence-corrected chi connectivity index (χ0v) is 22.2. The van der Waals surface area contributed by atoms with E-state index in [9.17, 15) is 0 Å². The summed E-state index contributed by atoms with van der Waals surface area (Å²) in [6, 6.07) is 5.94. The number of aromatic nitrogens is 5. The van der Waals surface area contributed by atoms with Gasteiger partial charge in [0.15, 0.2) is 0 Å². The minimum Gasteiger partial charge on any atom is -0.397 e. The molecule has 0 spiro atoms. The van der Waals surface area contributed by atoms with Crippen LogP contribution >= 0.6 is 0 Å². The van der Waals surface area contributed by atoms with Crippen LogP contribution in [0.5, 0.6) is 0 Å². The lowest BCUT2D eigenvalue weighted by atomic mass is 9.83. The number of anilines is 1. The summed E-state index contributed by atoms with van der Waals surface area (Å²) >= 11 is 0. The topological polar surface area (TPSA) is 105 Å². The SMILES string of the molecule is C#C.C=C/C(=C\C(=C/C)c1cc(Cc2nc3c(-c4cccnc4)cncc3[nH]2)c(N)cn1)NC(=C)C1CCC1. The lowest BCUT2D eigenvalue weighted by Gasteiger charge is -2.28.